The van der Waals surface area contributed by atoms with Crippen LogP contribution in [0.15, 0.2) is 16.8 Å². The van der Waals surface area contributed by atoms with E-state index >= 15 is 0 Å². The first kappa shape index (κ1) is 29.3. The van der Waals surface area contributed by atoms with Crippen LogP contribution in [-0.2, 0) is 35.3 Å². The number of hydrogen-bond acceptors (Lipinski definition) is 3. The third-order valence-corrected chi connectivity index (χ3v) is 9.22. The maximum Gasteiger partial charge on any atom is 0.303 e. The van der Waals surface area contributed by atoms with E-state index in [0.717, 1.165) is 74.3 Å². The predicted molar refractivity (Wildman–Crippen MR) is 166 cm³/mol. The fourth-order valence-corrected chi connectivity index (χ4v) is 6.80. The lowest BCUT2D eigenvalue weighted by Gasteiger charge is -2.17. The molecule has 8 bridgehead atoms. The molecule has 0 saturated heterocycles. The van der Waals surface area contributed by atoms with E-state index < -0.39 is 11.9 Å². The Bertz CT molecular complexity index is 1760. The number of aliphatic carboxylic acids is 2. The SMILES string of the molecule is CCc1c2[nH]c(c1C)/C=C1\NC(Cc3[nH]c(c(C)c3CCC(=O)O)/C=c3\[nH]/c(c(C)c3CC)=C\2)C(CCC(=O)O)=C1C. The van der Waals surface area contributed by atoms with Crippen LogP contribution in [0.5, 0.6) is 0 Å². The molecular weight excluding hydrogens is 528 g/mol. The van der Waals surface area contributed by atoms with E-state index in [-0.39, 0.29) is 18.9 Å². The predicted octanol–water partition coefficient (Wildman–Crippen LogP) is 4.45. The van der Waals surface area contributed by atoms with Crippen LogP contribution in [0.3, 0.4) is 0 Å². The molecule has 8 nitrogen and oxygen atoms in total. The minimum absolute atomic E-state index is 0.0457. The quantitative estimate of drug-likeness (QED) is 0.238. The van der Waals surface area contributed by atoms with E-state index in [4.69, 9.17) is 0 Å². The Morgan fingerprint density at radius 3 is 2.02 bits per heavy atom. The van der Waals surface area contributed by atoms with Gasteiger partial charge in [-0.05, 0) is 116 Å². The Morgan fingerprint density at radius 1 is 0.738 bits per heavy atom. The third kappa shape index (κ3) is 5.38. The molecule has 42 heavy (non-hydrogen) atoms. The van der Waals surface area contributed by atoms with Crippen molar-refractivity contribution in [1.82, 2.24) is 20.3 Å². The number of carboxylic acids is 2. The highest BCUT2D eigenvalue weighted by atomic mass is 16.4. The molecule has 3 aromatic rings. The lowest BCUT2D eigenvalue weighted by molar-refractivity contribution is -0.138. The molecule has 0 saturated carbocycles. The number of aromatic nitrogens is 3. The van der Waals surface area contributed by atoms with Crippen LogP contribution >= 0.6 is 0 Å². The number of aromatic amines is 3. The zero-order valence-electron chi connectivity index (χ0n) is 25.5. The van der Waals surface area contributed by atoms with Gasteiger partial charge in [0.25, 0.3) is 0 Å². The van der Waals surface area contributed by atoms with Gasteiger partial charge in [-0.25, -0.2) is 0 Å². The van der Waals surface area contributed by atoms with Crippen LogP contribution in [-0.4, -0.2) is 43.1 Å². The van der Waals surface area contributed by atoms with Gasteiger partial charge in [-0.3, -0.25) is 9.59 Å². The van der Waals surface area contributed by atoms with E-state index in [0.29, 0.717) is 19.3 Å². The van der Waals surface area contributed by atoms with E-state index in [1.165, 1.54) is 22.3 Å². The molecule has 0 radical (unpaired) electrons. The Labute approximate surface area is 246 Å². The van der Waals surface area contributed by atoms with Crippen molar-refractivity contribution in [3.05, 3.63) is 83.7 Å². The molecular formula is C34H42N4O4. The van der Waals surface area contributed by atoms with Crippen molar-refractivity contribution < 1.29 is 19.8 Å². The molecule has 2 aliphatic rings. The number of allylic oxidation sites excluding steroid dienone is 1. The van der Waals surface area contributed by atoms with Gasteiger partial charge in [0.1, 0.15) is 0 Å². The van der Waals surface area contributed by atoms with E-state index in [1.807, 2.05) is 0 Å². The fourth-order valence-electron chi connectivity index (χ4n) is 6.80. The molecule has 0 aliphatic carbocycles. The van der Waals surface area contributed by atoms with Crippen molar-refractivity contribution in [1.29, 1.82) is 0 Å². The van der Waals surface area contributed by atoms with Crippen molar-refractivity contribution in [3.8, 4) is 0 Å². The summed E-state index contributed by atoms with van der Waals surface area (Å²) in [6, 6.07) is -0.101. The van der Waals surface area contributed by atoms with Crippen molar-refractivity contribution >= 4 is 30.2 Å². The second-order valence-corrected chi connectivity index (χ2v) is 11.6. The summed E-state index contributed by atoms with van der Waals surface area (Å²) in [4.78, 5) is 34.2. The molecule has 6 N–H and O–H groups in total. The van der Waals surface area contributed by atoms with Crippen molar-refractivity contribution in [2.24, 2.45) is 0 Å². The lowest BCUT2D eigenvalue weighted by atomic mass is 9.94. The molecule has 1 atom stereocenters. The topological polar surface area (TPSA) is 134 Å². The largest absolute Gasteiger partial charge is 0.481 e. The fraction of sp³-hybridized carbons (Fsp3) is 0.412. The summed E-state index contributed by atoms with van der Waals surface area (Å²) in [5, 5.41) is 24.8. The van der Waals surface area contributed by atoms with E-state index in [9.17, 15) is 19.8 Å². The number of H-pyrrole nitrogens is 3. The highest BCUT2D eigenvalue weighted by Gasteiger charge is 2.29. The number of hydrogen-bond donors (Lipinski definition) is 6. The Kier molecular flexibility index (Phi) is 8.08. The maximum absolute atomic E-state index is 11.6. The molecule has 0 aromatic carbocycles. The zero-order chi connectivity index (χ0) is 30.3. The monoisotopic (exact) mass is 570 g/mol. The summed E-state index contributed by atoms with van der Waals surface area (Å²) < 4.78 is 0. The summed E-state index contributed by atoms with van der Waals surface area (Å²) in [6.07, 6.45) is 9.88. The third-order valence-electron chi connectivity index (χ3n) is 9.22. The van der Waals surface area contributed by atoms with Crippen LogP contribution < -0.4 is 16.0 Å². The van der Waals surface area contributed by atoms with Crippen molar-refractivity contribution in [2.75, 3.05) is 0 Å². The standard InChI is InChI=1S/C34H42N4O4/c1-7-21-17(3)25-13-26-19(5)23(9-11-33(39)40)31(37-26)16-32-24(10-12-34(41)42)20(6)28(38-32)15-30-22(8-2)18(4)27(36-30)14-29(21)35-25/h13-15,31,35-38H,7-12,16H2,1-6H3,(H,39,40)(H,41,42)/b26-13-,27-14-,30-15-. The highest BCUT2D eigenvalue weighted by molar-refractivity contribution is 5.70. The summed E-state index contributed by atoms with van der Waals surface area (Å²) in [5.74, 6) is -1.65. The number of fused-ring (bicyclic) bond motifs is 8. The van der Waals surface area contributed by atoms with Crippen LogP contribution in [0.25, 0.3) is 18.2 Å². The van der Waals surface area contributed by atoms with Crippen molar-refractivity contribution in [2.45, 2.75) is 92.5 Å². The molecule has 0 amide bonds. The first-order valence-electron chi connectivity index (χ1n) is 15.0. The molecule has 222 valence electrons. The molecule has 5 rings (SSSR count). The minimum Gasteiger partial charge on any atom is -0.481 e. The average Bonchev–Trinajstić information content (AvgIpc) is 3.59. The van der Waals surface area contributed by atoms with Gasteiger partial charge in [-0.2, -0.15) is 0 Å². The number of carboxylic acid groups (broad SMARTS) is 2. The van der Waals surface area contributed by atoms with E-state index in [2.05, 4.69) is 80.0 Å². The van der Waals surface area contributed by atoms with E-state index in [1.54, 1.807) is 0 Å². The van der Waals surface area contributed by atoms with Gasteiger partial charge in [0.05, 0.1) is 6.04 Å². The summed E-state index contributed by atoms with van der Waals surface area (Å²) in [7, 11) is 0. The second kappa shape index (κ2) is 11.6. The van der Waals surface area contributed by atoms with Gasteiger partial charge >= 0.3 is 11.9 Å². The molecule has 3 aromatic heterocycles. The summed E-state index contributed by atoms with van der Waals surface area (Å²) >= 11 is 0. The molecule has 1 unspecified atom stereocenters. The molecule has 5 heterocycles. The first-order valence-corrected chi connectivity index (χ1v) is 15.0. The second-order valence-electron chi connectivity index (χ2n) is 11.6. The number of rotatable bonds is 8. The van der Waals surface area contributed by atoms with Gasteiger partial charge < -0.3 is 30.5 Å². The van der Waals surface area contributed by atoms with Crippen LogP contribution in [0, 0.1) is 20.8 Å². The minimum atomic E-state index is -0.826. The van der Waals surface area contributed by atoms with Gasteiger partial charge in [0.2, 0.25) is 0 Å². The summed E-state index contributed by atoms with van der Waals surface area (Å²) in [5.41, 5.74) is 14.3. The maximum atomic E-state index is 11.6. The first-order chi connectivity index (χ1) is 20.0. The van der Waals surface area contributed by atoms with Gasteiger partial charge in [-0.1, -0.05) is 13.8 Å². The highest BCUT2D eigenvalue weighted by Crippen LogP contribution is 2.33. The van der Waals surface area contributed by atoms with Gasteiger partial charge in [0.15, 0.2) is 0 Å². The molecule has 0 fully saturated rings. The van der Waals surface area contributed by atoms with Gasteiger partial charge in [0, 0.05) is 58.4 Å². The normalized spacial score (nSPS) is 19.0. The Balaban J connectivity index is 1.79. The smallest absolute Gasteiger partial charge is 0.303 e. The van der Waals surface area contributed by atoms with Crippen LogP contribution in [0.2, 0.25) is 0 Å². The van der Waals surface area contributed by atoms with Gasteiger partial charge in [-0.15, -0.1) is 0 Å². The number of carbonyl (C=O) groups is 2. The Morgan fingerprint density at radius 2 is 1.36 bits per heavy atom. The zero-order valence-corrected chi connectivity index (χ0v) is 25.5. The van der Waals surface area contributed by atoms with Crippen LogP contribution in [0.1, 0.15) is 96.2 Å². The molecule has 2 aliphatic heterocycles. The molecule has 0 spiro atoms. The number of nitrogens with one attached hydrogen (secondary N) is 4. The molecule has 8 heteroatoms. The van der Waals surface area contributed by atoms with Crippen LogP contribution in [0.4, 0.5) is 0 Å². The van der Waals surface area contributed by atoms with Crippen molar-refractivity contribution in [3.63, 3.8) is 0 Å². The summed E-state index contributed by atoms with van der Waals surface area (Å²) in [6.45, 7) is 12.8. The lowest BCUT2D eigenvalue weighted by Crippen LogP contribution is -2.27. The Hall–Kier alpha value is -4.20. The average molecular weight is 571 g/mol.